The Balaban J connectivity index is 1.48. The molecule has 2 aromatic heterocycles. The van der Waals surface area contributed by atoms with Gasteiger partial charge in [-0.05, 0) is 66.8 Å². The Kier molecular flexibility index (Phi) is 5.64. The molecule has 0 saturated heterocycles. The quantitative estimate of drug-likeness (QED) is 0.354. The largest absolute Gasteiger partial charge is 0.488 e. The number of nitrogens with zero attached hydrogens (tertiary/aromatic N) is 3. The number of rotatable bonds is 5. The third-order valence-corrected chi connectivity index (χ3v) is 6.71. The maximum Gasteiger partial charge on any atom is 0.439 e. The molecule has 0 amide bonds. The molecular weight excluding hydrogens is 468 g/mol. The minimum Gasteiger partial charge on any atom is -0.488 e. The molecular formula is C29H26N4O4. The lowest BCUT2D eigenvalue weighted by molar-refractivity contribution is 0.301. The van der Waals surface area contributed by atoms with Gasteiger partial charge in [-0.2, -0.15) is 4.98 Å². The number of hydrogen-bond acceptors (Lipinski definition) is 6. The molecule has 37 heavy (non-hydrogen) atoms. The summed E-state index contributed by atoms with van der Waals surface area (Å²) in [6.07, 6.45) is 0. The number of para-hydroxylation sites is 2. The summed E-state index contributed by atoms with van der Waals surface area (Å²) in [5.41, 5.74) is 8.92. The first-order valence-corrected chi connectivity index (χ1v) is 12.2. The fourth-order valence-electron chi connectivity index (χ4n) is 4.96. The molecule has 0 fully saturated rings. The predicted octanol–water partition coefficient (Wildman–Crippen LogP) is 5.34. The molecule has 3 aromatic carbocycles. The van der Waals surface area contributed by atoms with Gasteiger partial charge in [-0.25, -0.2) is 4.79 Å². The van der Waals surface area contributed by atoms with Crippen molar-refractivity contribution in [2.24, 2.45) is 0 Å². The van der Waals surface area contributed by atoms with Crippen molar-refractivity contribution < 1.29 is 14.0 Å². The number of imidazole rings is 1. The smallest absolute Gasteiger partial charge is 0.439 e. The summed E-state index contributed by atoms with van der Waals surface area (Å²) in [4.78, 5) is 19.1. The van der Waals surface area contributed by atoms with Gasteiger partial charge in [0.25, 0.3) is 6.01 Å². The lowest BCUT2D eigenvalue weighted by atomic mass is 9.89. The monoisotopic (exact) mass is 494 g/mol. The van der Waals surface area contributed by atoms with E-state index < -0.39 is 5.76 Å². The zero-order valence-corrected chi connectivity index (χ0v) is 20.9. The van der Waals surface area contributed by atoms with Crippen LogP contribution in [0.25, 0.3) is 22.2 Å². The molecule has 6 rings (SSSR count). The molecule has 1 N–H and O–H groups in total. The van der Waals surface area contributed by atoms with Crippen LogP contribution in [-0.4, -0.2) is 26.3 Å². The fourth-order valence-corrected chi connectivity index (χ4v) is 4.96. The SMILES string of the molecule is CCOc1nc2c(C)cccc2n1Cc1ccc2c(c1)COc1ccccc1C2=C(C)c1noc(=O)[nH]1. The first kappa shape index (κ1) is 22.8. The van der Waals surface area contributed by atoms with Crippen LogP contribution in [0, 0.1) is 6.92 Å². The van der Waals surface area contributed by atoms with E-state index in [1.54, 1.807) is 0 Å². The summed E-state index contributed by atoms with van der Waals surface area (Å²) in [6.45, 7) is 7.50. The lowest BCUT2D eigenvalue weighted by Gasteiger charge is -2.15. The summed E-state index contributed by atoms with van der Waals surface area (Å²) >= 11 is 0. The van der Waals surface area contributed by atoms with Crippen molar-refractivity contribution in [1.29, 1.82) is 0 Å². The Bertz CT molecular complexity index is 1720. The van der Waals surface area contributed by atoms with Crippen LogP contribution in [0.15, 0.2) is 70.0 Å². The number of aromatic amines is 1. The summed E-state index contributed by atoms with van der Waals surface area (Å²) in [5.74, 6) is 0.583. The van der Waals surface area contributed by atoms with E-state index in [0.717, 1.165) is 55.7 Å². The first-order valence-electron chi connectivity index (χ1n) is 12.2. The van der Waals surface area contributed by atoms with Crippen molar-refractivity contribution >= 4 is 22.2 Å². The molecule has 0 bridgehead atoms. The predicted molar refractivity (Wildman–Crippen MR) is 141 cm³/mol. The minimum absolute atomic E-state index is 0.397. The van der Waals surface area contributed by atoms with E-state index in [4.69, 9.17) is 19.0 Å². The van der Waals surface area contributed by atoms with Gasteiger partial charge in [0.05, 0.1) is 24.2 Å². The maximum atomic E-state index is 11.7. The van der Waals surface area contributed by atoms with Crippen LogP contribution in [0.1, 0.15) is 47.5 Å². The number of allylic oxidation sites excluding steroid dienone is 1. The average Bonchev–Trinajstić information content (AvgIpc) is 3.44. The second-order valence-corrected chi connectivity index (χ2v) is 9.08. The van der Waals surface area contributed by atoms with Crippen LogP contribution >= 0.6 is 0 Å². The Morgan fingerprint density at radius 3 is 2.78 bits per heavy atom. The highest BCUT2D eigenvalue weighted by molar-refractivity contribution is 5.99. The zero-order chi connectivity index (χ0) is 25.5. The summed E-state index contributed by atoms with van der Waals surface area (Å²) in [5, 5.41) is 3.93. The molecule has 1 aliphatic rings. The Labute approximate surface area is 213 Å². The van der Waals surface area contributed by atoms with Crippen molar-refractivity contribution in [3.63, 3.8) is 0 Å². The van der Waals surface area contributed by atoms with Crippen molar-refractivity contribution in [3.05, 3.63) is 105 Å². The van der Waals surface area contributed by atoms with E-state index in [1.807, 2.05) is 44.2 Å². The van der Waals surface area contributed by atoms with Gasteiger partial charge in [-0.15, -0.1) is 0 Å². The van der Waals surface area contributed by atoms with E-state index >= 15 is 0 Å². The molecule has 0 saturated carbocycles. The third kappa shape index (κ3) is 4.00. The normalized spacial score (nSPS) is 14.0. The molecule has 8 nitrogen and oxygen atoms in total. The van der Waals surface area contributed by atoms with Crippen LogP contribution in [0.5, 0.6) is 11.8 Å². The molecule has 0 aliphatic carbocycles. The van der Waals surface area contributed by atoms with Gasteiger partial charge >= 0.3 is 5.76 Å². The number of nitrogens with one attached hydrogen (secondary N) is 1. The van der Waals surface area contributed by atoms with Gasteiger partial charge in [0.15, 0.2) is 5.82 Å². The molecule has 0 radical (unpaired) electrons. The lowest BCUT2D eigenvalue weighted by Crippen LogP contribution is -2.06. The van der Waals surface area contributed by atoms with Crippen molar-refractivity contribution in [2.75, 3.05) is 6.61 Å². The number of ether oxygens (including phenoxy) is 2. The highest BCUT2D eigenvalue weighted by Gasteiger charge is 2.23. The van der Waals surface area contributed by atoms with Gasteiger partial charge in [0.2, 0.25) is 0 Å². The van der Waals surface area contributed by atoms with E-state index in [-0.39, 0.29) is 0 Å². The number of H-pyrrole nitrogens is 1. The van der Waals surface area contributed by atoms with Crippen molar-refractivity contribution in [1.82, 2.24) is 19.7 Å². The average molecular weight is 495 g/mol. The molecule has 0 spiro atoms. The first-order chi connectivity index (χ1) is 18.0. The second-order valence-electron chi connectivity index (χ2n) is 9.08. The maximum absolute atomic E-state index is 11.7. The van der Waals surface area contributed by atoms with Crippen LogP contribution < -0.4 is 15.2 Å². The molecule has 8 heteroatoms. The highest BCUT2D eigenvalue weighted by Crippen LogP contribution is 2.40. The molecule has 1 aliphatic heterocycles. The van der Waals surface area contributed by atoms with Gasteiger partial charge in [-0.3, -0.25) is 14.1 Å². The summed E-state index contributed by atoms with van der Waals surface area (Å²) in [6, 6.07) is 21.1. The number of aromatic nitrogens is 4. The third-order valence-electron chi connectivity index (χ3n) is 6.71. The summed E-state index contributed by atoms with van der Waals surface area (Å²) < 4.78 is 19.0. The van der Waals surface area contributed by atoms with Gasteiger partial charge in [0, 0.05) is 11.1 Å². The van der Waals surface area contributed by atoms with Crippen molar-refractivity contribution in [3.8, 4) is 11.8 Å². The molecule has 0 unspecified atom stereocenters. The van der Waals surface area contributed by atoms with E-state index in [2.05, 4.69) is 52.0 Å². The molecule has 3 heterocycles. The Hall–Kier alpha value is -4.59. The van der Waals surface area contributed by atoms with Gasteiger partial charge in [0.1, 0.15) is 12.4 Å². The van der Waals surface area contributed by atoms with Crippen LogP contribution in [0.3, 0.4) is 0 Å². The van der Waals surface area contributed by atoms with Crippen LogP contribution in [0.2, 0.25) is 0 Å². The number of benzene rings is 3. The van der Waals surface area contributed by atoms with Crippen molar-refractivity contribution in [2.45, 2.75) is 33.9 Å². The number of aryl methyl sites for hydroxylation is 1. The number of hydrogen-bond donors (Lipinski definition) is 1. The van der Waals surface area contributed by atoms with E-state index in [1.165, 1.54) is 0 Å². The van der Waals surface area contributed by atoms with E-state index in [9.17, 15) is 4.79 Å². The van der Waals surface area contributed by atoms with Gasteiger partial charge < -0.3 is 9.47 Å². The second kappa shape index (κ2) is 9.13. The minimum atomic E-state index is -0.587. The molecule has 0 atom stereocenters. The molecule has 5 aromatic rings. The van der Waals surface area contributed by atoms with Gasteiger partial charge in [-0.1, -0.05) is 47.6 Å². The van der Waals surface area contributed by atoms with E-state index in [0.29, 0.717) is 31.6 Å². The highest BCUT2D eigenvalue weighted by atomic mass is 16.5. The fraction of sp³-hybridized carbons (Fsp3) is 0.207. The Morgan fingerprint density at radius 1 is 1.11 bits per heavy atom. The number of fused-ring (bicyclic) bond motifs is 3. The molecule has 186 valence electrons. The summed E-state index contributed by atoms with van der Waals surface area (Å²) in [7, 11) is 0. The van der Waals surface area contributed by atoms with Crippen LogP contribution in [0.4, 0.5) is 0 Å². The van der Waals surface area contributed by atoms with Crippen LogP contribution in [-0.2, 0) is 13.2 Å². The standard InChI is InChI=1S/C29H26N4O4/c1-4-35-28-30-26-17(2)8-7-10-23(26)33(28)15-19-12-13-21-20(14-19)16-36-24-11-6-5-9-22(24)25(21)18(3)27-31-29(34)37-32-27/h5-14H,4,15-16H2,1-3H3,(H,31,32,34). The topological polar surface area (TPSA) is 95.2 Å². The Morgan fingerprint density at radius 2 is 1.97 bits per heavy atom. The zero-order valence-electron chi connectivity index (χ0n) is 20.9.